The van der Waals surface area contributed by atoms with Crippen LogP contribution in [0.2, 0.25) is 0 Å². The number of hydrogen-bond donors (Lipinski definition) is 3. The minimum atomic E-state index is -0.860. The molecule has 3 rings (SSSR count). The number of thiazole rings is 1. The van der Waals surface area contributed by atoms with Gasteiger partial charge in [0.05, 0.1) is 22.4 Å². The number of carbonyl (C=O) groups is 4. The number of nitrogens with zero attached hydrogens (tertiary/aromatic N) is 2. The minimum absolute atomic E-state index is 0.0789. The molecule has 1 unspecified atom stereocenters. The third-order valence-corrected chi connectivity index (χ3v) is 6.48. The number of nitrogens with one attached hydrogen (secondary N) is 3. The number of thioether (sulfide) groups is 1. The summed E-state index contributed by atoms with van der Waals surface area (Å²) in [4.78, 5) is 53.2. The normalized spacial score (nSPS) is 15.9. The van der Waals surface area contributed by atoms with Crippen molar-refractivity contribution >= 4 is 62.8 Å². The SMILES string of the molecule is CCN(CC)C(=O)CSc1nc2ccc(NC(=O)CC3NC(=O)NC3=O)cc2s1. The molecule has 1 saturated heterocycles. The second kappa shape index (κ2) is 9.23. The van der Waals surface area contributed by atoms with Crippen LogP contribution in [0.25, 0.3) is 10.2 Å². The van der Waals surface area contributed by atoms with Crippen LogP contribution in [-0.2, 0) is 14.4 Å². The van der Waals surface area contributed by atoms with Crippen molar-refractivity contribution in [1.82, 2.24) is 20.5 Å². The zero-order valence-electron chi connectivity index (χ0n) is 16.0. The lowest BCUT2D eigenvalue weighted by atomic mass is 10.2. The highest BCUT2D eigenvalue weighted by molar-refractivity contribution is 8.01. The van der Waals surface area contributed by atoms with E-state index in [2.05, 4.69) is 20.9 Å². The lowest BCUT2D eigenvalue weighted by molar-refractivity contribution is -0.128. The van der Waals surface area contributed by atoms with Crippen molar-refractivity contribution in [3.8, 4) is 0 Å². The highest BCUT2D eigenvalue weighted by Crippen LogP contribution is 2.31. The van der Waals surface area contributed by atoms with Crippen LogP contribution in [0.1, 0.15) is 20.3 Å². The molecule has 0 spiro atoms. The molecule has 3 N–H and O–H groups in total. The van der Waals surface area contributed by atoms with E-state index >= 15 is 0 Å². The van der Waals surface area contributed by atoms with Crippen LogP contribution in [-0.4, -0.2) is 58.5 Å². The van der Waals surface area contributed by atoms with Gasteiger partial charge < -0.3 is 15.5 Å². The molecule has 5 amide bonds. The van der Waals surface area contributed by atoms with Crippen molar-refractivity contribution in [1.29, 1.82) is 0 Å². The van der Waals surface area contributed by atoms with E-state index in [9.17, 15) is 19.2 Å². The minimum Gasteiger partial charge on any atom is -0.343 e. The summed E-state index contributed by atoms with van der Waals surface area (Å²) in [6.07, 6.45) is -0.146. The van der Waals surface area contributed by atoms with Gasteiger partial charge in [-0.3, -0.25) is 19.7 Å². The fraction of sp³-hybridized carbons (Fsp3) is 0.389. The molecule has 2 heterocycles. The summed E-state index contributed by atoms with van der Waals surface area (Å²) in [5, 5.41) is 7.21. The Morgan fingerprint density at radius 3 is 2.69 bits per heavy atom. The van der Waals surface area contributed by atoms with E-state index in [-0.39, 0.29) is 18.2 Å². The molecule has 1 aliphatic heterocycles. The lowest BCUT2D eigenvalue weighted by Crippen LogP contribution is -2.33. The monoisotopic (exact) mass is 435 g/mol. The first-order valence-electron chi connectivity index (χ1n) is 9.12. The Bertz CT molecular complexity index is 957. The van der Waals surface area contributed by atoms with Gasteiger partial charge in [0.15, 0.2) is 4.34 Å². The van der Waals surface area contributed by atoms with Crippen LogP contribution in [0.3, 0.4) is 0 Å². The molecule has 2 aromatic rings. The number of rotatable bonds is 8. The van der Waals surface area contributed by atoms with E-state index in [1.165, 1.54) is 23.1 Å². The first-order valence-corrected chi connectivity index (χ1v) is 10.9. The summed E-state index contributed by atoms with van der Waals surface area (Å²) in [5.74, 6) is -0.477. The van der Waals surface area contributed by atoms with Gasteiger partial charge in [-0.2, -0.15) is 0 Å². The Hall–Kier alpha value is -2.66. The number of amides is 5. The van der Waals surface area contributed by atoms with Crippen molar-refractivity contribution in [2.75, 3.05) is 24.2 Å². The van der Waals surface area contributed by atoms with Crippen LogP contribution < -0.4 is 16.0 Å². The van der Waals surface area contributed by atoms with E-state index in [1.54, 1.807) is 23.1 Å². The molecular formula is C18H21N5O4S2. The first-order chi connectivity index (χ1) is 13.9. The number of hydrogen-bond acceptors (Lipinski definition) is 7. The van der Waals surface area contributed by atoms with Gasteiger partial charge in [-0.25, -0.2) is 9.78 Å². The molecule has 9 nitrogen and oxygen atoms in total. The Morgan fingerprint density at radius 2 is 2.03 bits per heavy atom. The lowest BCUT2D eigenvalue weighted by Gasteiger charge is -2.17. The number of urea groups is 1. The largest absolute Gasteiger partial charge is 0.343 e. The maximum Gasteiger partial charge on any atom is 0.322 e. The molecule has 1 aromatic heterocycles. The van der Waals surface area contributed by atoms with Gasteiger partial charge in [0, 0.05) is 18.8 Å². The Morgan fingerprint density at radius 1 is 1.28 bits per heavy atom. The zero-order valence-corrected chi connectivity index (χ0v) is 17.6. The highest BCUT2D eigenvalue weighted by atomic mass is 32.2. The smallest absolute Gasteiger partial charge is 0.322 e. The number of imide groups is 1. The molecule has 1 aromatic carbocycles. The Kier molecular flexibility index (Phi) is 6.70. The molecule has 11 heteroatoms. The maximum absolute atomic E-state index is 12.2. The molecule has 154 valence electrons. The van der Waals surface area contributed by atoms with Crippen LogP contribution in [0.15, 0.2) is 22.5 Å². The molecule has 0 radical (unpaired) electrons. The van der Waals surface area contributed by atoms with E-state index < -0.39 is 18.0 Å². The molecule has 1 fully saturated rings. The van der Waals surface area contributed by atoms with Gasteiger partial charge in [-0.05, 0) is 32.0 Å². The summed E-state index contributed by atoms with van der Waals surface area (Å²) in [6.45, 7) is 5.27. The van der Waals surface area contributed by atoms with Crippen LogP contribution in [0.4, 0.5) is 10.5 Å². The van der Waals surface area contributed by atoms with Gasteiger partial charge in [-0.15, -0.1) is 11.3 Å². The fourth-order valence-electron chi connectivity index (χ4n) is 2.83. The third-order valence-electron chi connectivity index (χ3n) is 4.34. The molecular weight excluding hydrogens is 414 g/mol. The zero-order chi connectivity index (χ0) is 21.0. The molecule has 1 aliphatic rings. The fourth-order valence-corrected chi connectivity index (χ4v) is 4.84. The van der Waals surface area contributed by atoms with E-state index in [0.29, 0.717) is 24.5 Å². The highest BCUT2D eigenvalue weighted by Gasteiger charge is 2.31. The summed E-state index contributed by atoms with van der Waals surface area (Å²) in [5.41, 5.74) is 1.36. The van der Waals surface area contributed by atoms with Crippen LogP contribution in [0, 0.1) is 0 Å². The quantitative estimate of drug-likeness (QED) is 0.429. The van der Waals surface area contributed by atoms with E-state index in [0.717, 1.165) is 14.6 Å². The Balaban J connectivity index is 1.60. The molecule has 0 saturated carbocycles. The number of aromatic nitrogens is 1. The molecule has 0 bridgehead atoms. The van der Waals surface area contributed by atoms with Crippen molar-refractivity contribution in [2.45, 2.75) is 30.6 Å². The van der Waals surface area contributed by atoms with E-state index in [4.69, 9.17) is 0 Å². The van der Waals surface area contributed by atoms with Crippen molar-refractivity contribution in [2.24, 2.45) is 0 Å². The van der Waals surface area contributed by atoms with Crippen LogP contribution in [0.5, 0.6) is 0 Å². The summed E-state index contributed by atoms with van der Waals surface area (Å²) in [7, 11) is 0. The van der Waals surface area contributed by atoms with Gasteiger partial charge in [0.1, 0.15) is 6.04 Å². The van der Waals surface area contributed by atoms with Gasteiger partial charge in [0.2, 0.25) is 11.8 Å². The number of benzene rings is 1. The van der Waals surface area contributed by atoms with Crippen molar-refractivity contribution < 1.29 is 19.2 Å². The summed E-state index contributed by atoms with van der Waals surface area (Å²) >= 11 is 2.85. The maximum atomic E-state index is 12.2. The topological polar surface area (TPSA) is 120 Å². The number of carbonyl (C=O) groups excluding carboxylic acids is 4. The predicted octanol–water partition coefficient (Wildman–Crippen LogP) is 1.79. The summed E-state index contributed by atoms with van der Waals surface area (Å²) in [6, 6.07) is 3.86. The standard InChI is InChI=1S/C18H21N5O4S2/c1-3-23(4-2)15(25)9-28-18-21-11-6-5-10(7-13(11)29-18)19-14(24)8-12-16(26)22-17(27)20-12/h5-7,12H,3-4,8-9H2,1-2H3,(H,19,24)(H2,20,22,26,27). The summed E-state index contributed by atoms with van der Waals surface area (Å²) < 4.78 is 1.67. The second-order valence-corrected chi connectivity index (χ2v) is 8.54. The van der Waals surface area contributed by atoms with Gasteiger partial charge >= 0.3 is 6.03 Å². The first kappa shape index (κ1) is 21.1. The molecule has 29 heavy (non-hydrogen) atoms. The van der Waals surface area contributed by atoms with Crippen LogP contribution >= 0.6 is 23.1 Å². The van der Waals surface area contributed by atoms with Crippen molar-refractivity contribution in [3.05, 3.63) is 18.2 Å². The molecule has 1 atom stereocenters. The third kappa shape index (κ3) is 5.24. The van der Waals surface area contributed by atoms with Gasteiger partial charge in [-0.1, -0.05) is 11.8 Å². The molecule has 0 aliphatic carbocycles. The average molecular weight is 436 g/mol. The second-order valence-electron chi connectivity index (χ2n) is 6.28. The van der Waals surface area contributed by atoms with E-state index in [1.807, 2.05) is 13.8 Å². The average Bonchev–Trinajstić information content (AvgIpc) is 3.22. The number of fused-ring (bicyclic) bond motifs is 1. The van der Waals surface area contributed by atoms with Crippen molar-refractivity contribution in [3.63, 3.8) is 0 Å². The van der Waals surface area contributed by atoms with Gasteiger partial charge in [0.25, 0.3) is 5.91 Å². The Labute approximate surface area is 175 Å². The predicted molar refractivity (Wildman–Crippen MR) is 112 cm³/mol. The number of anilines is 1.